The van der Waals surface area contributed by atoms with Crippen LogP contribution in [0.3, 0.4) is 0 Å². The zero-order valence-corrected chi connectivity index (χ0v) is 7.88. The number of thiol groups is 1. The minimum atomic E-state index is 0.695. The average molecular weight is 190 g/mol. The molecule has 0 aliphatic rings. The summed E-state index contributed by atoms with van der Waals surface area (Å²) in [5.74, 6) is 0. The monoisotopic (exact) mass is 190 g/mol. The van der Waals surface area contributed by atoms with Crippen molar-refractivity contribution in [1.29, 1.82) is 0 Å². The van der Waals surface area contributed by atoms with Gasteiger partial charge in [0.25, 0.3) is 0 Å². The van der Waals surface area contributed by atoms with Gasteiger partial charge in [0, 0.05) is 16.3 Å². The van der Waals surface area contributed by atoms with E-state index in [9.17, 15) is 0 Å². The highest BCUT2D eigenvalue weighted by Gasteiger charge is 2.00. The summed E-state index contributed by atoms with van der Waals surface area (Å²) >= 11 is 4.33. The van der Waals surface area contributed by atoms with Crippen LogP contribution < -0.4 is 11.5 Å². The van der Waals surface area contributed by atoms with Crippen molar-refractivity contribution in [3.8, 4) is 0 Å². The second kappa shape index (κ2) is 2.85. The highest BCUT2D eigenvalue weighted by molar-refractivity contribution is 7.80. The van der Waals surface area contributed by atoms with Gasteiger partial charge in [0.2, 0.25) is 0 Å². The Morgan fingerprint density at radius 1 is 1.00 bits per heavy atom. The van der Waals surface area contributed by atoms with Crippen LogP contribution in [0.25, 0.3) is 10.8 Å². The van der Waals surface area contributed by atoms with Gasteiger partial charge >= 0.3 is 0 Å². The van der Waals surface area contributed by atoms with Gasteiger partial charge in [0.15, 0.2) is 0 Å². The Labute approximate surface area is 81.9 Å². The van der Waals surface area contributed by atoms with Crippen LogP contribution in [0, 0.1) is 0 Å². The van der Waals surface area contributed by atoms with Gasteiger partial charge in [-0.15, -0.1) is 12.6 Å². The fourth-order valence-corrected chi connectivity index (χ4v) is 1.63. The van der Waals surface area contributed by atoms with Crippen molar-refractivity contribution in [3.05, 3.63) is 30.3 Å². The summed E-state index contributed by atoms with van der Waals surface area (Å²) in [5, 5.41) is 2.11. The minimum absolute atomic E-state index is 0.695. The number of nitrogens with two attached hydrogens (primary N) is 2. The third kappa shape index (κ3) is 1.31. The molecule has 0 unspecified atom stereocenters. The summed E-state index contributed by atoms with van der Waals surface area (Å²) in [6.07, 6.45) is 0. The van der Waals surface area contributed by atoms with Gasteiger partial charge in [-0.1, -0.05) is 12.1 Å². The topological polar surface area (TPSA) is 52.0 Å². The molecular weight excluding hydrogens is 180 g/mol. The third-order valence-corrected chi connectivity index (χ3v) is 2.55. The molecule has 2 aromatic carbocycles. The lowest BCUT2D eigenvalue weighted by atomic mass is 10.1. The fraction of sp³-hybridized carbons (Fsp3) is 0. The van der Waals surface area contributed by atoms with Gasteiger partial charge in [-0.3, -0.25) is 0 Å². The van der Waals surface area contributed by atoms with E-state index in [1.165, 1.54) is 0 Å². The molecule has 0 spiro atoms. The van der Waals surface area contributed by atoms with Gasteiger partial charge < -0.3 is 11.5 Å². The van der Waals surface area contributed by atoms with E-state index in [2.05, 4.69) is 12.6 Å². The SMILES string of the molecule is Nc1ccc2c(S)c(N)ccc2c1. The van der Waals surface area contributed by atoms with Gasteiger partial charge in [0.05, 0.1) is 0 Å². The second-order valence-electron chi connectivity index (χ2n) is 2.98. The van der Waals surface area contributed by atoms with E-state index in [4.69, 9.17) is 11.5 Å². The standard InChI is InChI=1S/C10H10N2S/c11-7-2-3-8-6(5-7)1-4-9(12)10(8)13/h1-5,13H,11-12H2. The van der Waals surface area contributed by atoms with Crippen LogP contribution in [0.5, 0.6) is 0 Å². The summed E-state index contributed by atoms with van der Waals surface area (Å²) in [7, 11) is 0. The average Bonchev–Trinajstić information content (AvgIpc) is 2.12. The largest absolute Gasteiger partial charge is 0.399 e. The Hall–Kier alpha value is -1.35. The normalized spacial score (nSPS) is 10.5. The minimum Gasteiger partial charge on any atom is -0.399 e. The molecule has 4 N–H and O–H groups in total. The molecule has 0 bridgehead atoms. The summed E-state index contributed by atoms with van der Waals surface area (Å²) in [6, 6.07) is 9.48. The molecule has 0 aliphatic carbocycles. The molecule has 0 amide bonds. The first kappa shape index (κ1) is 8.26. The van der Waals surface area contributed by atoms with E-state index in [0.717, 1.165) is 21.4 Å². The molecule has 66 valence electrons. The molecule has 0 saturated carbocycles. The number of hydrogen-bond acceptors (Lipinski definition) is 3. The van der Waals surface area contributed by atoms with Crippen LogP contribution in [0.1, 0.15) is 0 Å². The van der Waals surface area contributed by atoms with Crippen molar-refractivity contribution >= 4 is 34.8 Å². The lowest BCUT2D eigenvalue weighted by Crippen LogP contribution is -1.89. The second-order valence-corrected chi connectivity index (χ2v) is 3.43. The molecule has 3 heteroatoms. The number of nitrogen functional groups attached to an aromatic ring is 2. The van der Waals surface area contributed by atoms with E-state index >= 15 is 0 Å². The maximum absolute atomic E-state index is 5.72. The molecule has 2 rings (SSSR count). The van der Waals surface area contributed by atoms with E-state index in [0.29, 0.717) is 5.69 Å². The smallest absolute Gasteiger partial charge is 0.0456 e. The molecular formula is C10H10N2S. The van der Waals surface area contributed by atoms with Crippen LogP contribution in [0.15, 0.2) is 35.2 Å². The number of anilines is 2. The van der Waals surface area contributed by atoms with Crippen molar-refractivity contribution in [3.63, 3.8) is 0 Å². The fourth-order valence-electron chi connectivity index (χ4n) is 1.35. The Bertz CT molecular complexity index is 466. The van der Waals surface area contributed by atoms with Crippen molar-refractivity contribution in [2.45, 2.75) is 4.90 Å². The molecule has 0 heterocycles. The van der Waals surface area contributed by atoms with Crippen LogP contribution in [-0.4, -0.2) is 0 Å². The zero-order valence-electron chi connectivity index (χ0n) is 6.99. The number of fused-ring (bicyclic) bond motifs is 1. The Morgan fingerprint density at radius 3 is 2.54 bits per heavy atom. The van der Waals surface area contributed by atoms with Crippen molar-refractivity contribution in [1.82, 2.24) is 0 Å². The molecule has 0 aromatic heterocycles. The highest BCUT2D eigenvalue weighted by atomic mass is 32.1. The first-order valence-electron chi connectivity index (χ1n) is 3.95. The predicted octanol–water partition coefficient (Wildman–Crippen LogP) is 2.29. The molecule has 0 aliphatic heterocycles. The van der Waals surface area contributed by atoms with Crippen LogP contribution in [-0.2, 0) is 0 Å². The van der Waals surface area contributed by atoms with Crippen molar-refractivity contribution < 1.29 is 0 Å². The van der Waals surface area contributed by atoms with E-state index < -0.39 is 0 Å². The zero-order chi connectivity index (χ0) is 9.42. The van der Waals surface area contributed by atoms with Gasteiger partial charge in [-0.2, -0.15) is 0 Å². The summed E-state index contributed by atoms with van der Waals surface area (Å²) in [6.45, 7) is 0. The van der Waals surface area contributed by atoms with Gasteiger partial charge in [-0.25, -0.2) is 0 Å². The molecule has 2 aromatic rings. The maximum Gasteiger partial charge on any atom is 0.0456 e. The molecule has 0 fully saturated rings. The summed E-state index contributed by atoms with van der Waals surface area (Å²) < 4.78 is 0. The molecule has 0 saturated heterocycles. The third-order valence-electron chi connectivity index (χ3n) is 2.05. The van der Waals surface area contributed by atoms with Crippen molar-refractivity contribution in [2.75, 3.05) is 11.5 Å². The number of rotatable bonds is 0. The van der Waals surface area contributed by atoms with E-state index in [-0.39, 0.29) is 0 Å². The molecule has 0 radical (unpaired) electrons. The van der Waals surface area contributed by atoms with Crippen LogP contribution in [0.4, 0.5) is 11.4 Å². The van der Waals surface area contributed by atoms with E-state index in [1.54, 1.807) is 0 Å². The lowest BCUT2D eigenvalue weighted by molar-refractivity contribution is 1.55. The van der Waals surface area contributed by atoms with Gasteiger partial charge in [-0.05, 0) is 29.0 Å². The molecule has 13 heavy (non-hydrogen) atoms. The summed E-state index contributed by atoms with van der Waals surface area (Å²) in [4.78, 5) is 0.817. The number of benzene rings is 2. The molecule has 0 atom stereocenters. The highest BCUT2D eigenvalue weighted by Crippen LogP contribution is 2.28. The maximum atomic E-state index is 5.72. The van der Waals surface area contributed by atoms with Crippen molar-refractivity contribution in [2.24, 2.45) is 0 Å². The Morgan fingerprint density at radius 2 is 1.77 bits per heavy atom. The predicted molar refractivity (Wildman–Crippen MR) is 60.0 cm³/mol. The van der Waals surface area contributed by atoms with Crippen LogP contribution >= 0.6 is 12.6 Å². The quantitative estimate of drug-likeness (QED) is 0.441. The number of hydrogen-bond donors (Lipinski definition) is 3. The first-order valence-corrected chi connectivity index (χ1v) is 4.40. The van der Waals surface area contributed by atoms with Crippen LogP contribution in [0.2, 0.25) is 0 Å². The van der Waals surface area contributed by atoms with E-state index in [1.807, 2.05) is 30.3 Å². The lowest BCUT2D eigenvalue weighted by Gasteiger charge is -2.04. The first-order chi connectivity index (χ1) is 6.18. The Kier molecular flexibility index (Phi) is 1.81. The van der Waals surface area contributed by atoms with Gasteiger partial charge in [0.1, 0.15) is 0 Å². The molecule has 2 nitrogen and oxygen atoms in total. The Balaban J connectivity index is 2.87. The summed E-state index contributed by atoms with van der Waals surface area (Å²) in [5.41, 5.74) is 12.8.